The van der Waals surface area contributed by atoms with Crippen molar-refractivity contribution in [1.82, 2.24) is 20.0 Å². The molecule has 2 heterocycles. The normalized spacial score (nSPS) is 10.6. The van der Waals surface area contributed by atoms with Crippen LogP contribution < -0.4 is 11.1 Å². The highest BCUT2D eigenvalue weighted by molar-refractivity contribution is 5.64. The van der Waals surface area contributed by atoms with Gasteiger partial charge in [-0.25, -0.2) is 0 Å². The number of aromatic nitrogens is 4. The molecule has 0 atom stereocenters. The monoisotopic (exact) mass is 220 g/mol. The SMILES string of the molecule is CCc1nn(C)c(NCc2ccn[nH]2)c1N. The summed E-state index contributed by atoms with van der Waals surface area (Å²) in [5.41, 5.74) is 8.65. The molecular weight excluding hydrogens is 204 g/mol. The van der Waals surface area contributed by atoms with Crippen LogP contribution in [0.15, 0.2) is 12.3 Å². The molecular formula is C10H16N6. The Balaban J connectivity index is 2.12. The van der Waals surface area contributed by atoms with Crippen LogP contribution in [0.25, 0.3) is 0 Å². The Morgan fingerprint density at radius 2 is 2.38 bits per heavy atom. The summed E-state index contributed by atoms with van der Waals surface area (Å²) in [5.74, 6) is 0.853. The van der Waals surface area contributed by atoms with Gasteiger partial charge in [-0.15, -0.1) is 0 Å². The van der Waals surface area contributed by atoms with Crippen LogP contribution in [0.3, 0.4) is 0 Å². The second kappa shape index (κ2) is 4.26. The predicted octanol–water partition coefficient (Wildman–Crippen LogP) is 0.900. The summed E-state index contributed by atoms with van der Waals surface area (Å²) in [6, 6.07) is 1.92. The molecule has 0 amide bonds. The first kappa shape index (κ1) is 10.5. The van der Waals surface area contributed by atoms with Crippen LogP contribution in [-0.4, -0.2) is 20.0 Å². The van der Waals surface area contributed by atoms with E-state index in [1.54, 1.807) is 10.9 Å². The average Bonchev–Trinajstić information content (AvgIpc) is 2.86. The van der Waals surface area contributed by atoms with E-state index in [1.807, 2.05) is 20.0 Å². The second-order valence-electron chi connectivity index (χ2n) is 3.62. The predicted molar refractivity (Wildman–Crippen MR) is 62.9 cm³/mol. The van der Waals surface area contributed by atoms with Crippen molar-refractivity contribution in [2.24, 2.45) is 7.05 Å². The van der Waals surface area contributed by atoms with E-state index in [0.717, 1.165) is 29.3 Å². The summed E-state index contributed by atoms with van der Waals surface area (Å²) in [4.78, 5) is 0. The van der Waals surface area contributed by atoms with E-state index < -0.39 is 0 Å². The van der Waals surface area contributed by atoms with Crippen LogP contribution in [0.2, 0.25) is 0 Å². The zero-order chi connectivity index (χ0) is 11.5. The van der Waals surface area contributed by atoms with Crippen molar-refractivity contribution in [3.05, 3.63) is 23.7 Å². The van der Waals surface area contributed by atoms with Crippen molar-refractivity contribution < 1.29 is 0 Å². The lowest BCUT2D eigenvalue weighted by atomic mass is 10.3. The molecule has 86 valence electrons. The van der Waals surface area contributed by atoms with Gasteiger partial charge in [0.25, 0.3) is 0 Å². The molecule has 0 bridgehead atoms. The summed E-state index contributed by atoms with van der Waals surface area (Å²) in [6.45, 7) is 2.70. The Morgan fingerprint density at radius 3 is 2.94 bits per heavy atom. The Bertz CT molecular complexity index is 456. The van der Waals surface area contributed by atoms with Crippen molar-refractivity contribution in [3.63, 3.8) is 0 Å². The molecule has 6 nitrogen and oxygen atoms in total. The summed E-state index contributed by atoms with van der Waals surface area (Å²) < 4.78 is 1.77. The molecule has 0 aliphatic rings. The van der Waals surface area contributed by atoms with Crippen LogP contribution in [0, 0.1) is 0 Å². The van der Waals surface area contributed by atoms with Gasteiger partial charge >= 0.3 is 0 Å². The lowest BCUT2D eigenvalue weighted by molar-refractivity contribution is 0.746. The molecule has 0 saturated carbocycles. The van der Waals surface area contributed by atoms with E-state index in [0.29, 0.717) is 6.54 Å². The molecule has 0 aliphatic carbocycles. The maximum atomic E-state index is 5.98. The van der Waals surface area contributed by atoms with E-state index in [2.05, 4.69) is 20.6 Å². The van der Waals surface area contributed by atoms with Crippen molar-refractivity contribution in [3.8, 4) is 0 Å². The highest BCUT2D eigenvalue weighted by Crippen LogP contribution is 2.22. The lowest BCUT2D eigenvalue weighted by Crippen LogP contribution is -2.06. The molecule has 0 aromatic carbocycles. The standard InChI is InChI=1S/C10H16N6/c1-3-8-9(11)10(16(2)15-8)12-6-7-4-5-13-14-7/h4-5,12H,3,6,11H2,1-2H3,(H,13,14). The Labute approximate surface area is 93.8 Å². The van der Waals surface area contributed by atoms with Crippen LogP contribution in [-0.2, 0) is 20.0 Å². The molecule has 0 saturated heterocycles. The zero-order valence-corrected chi connectivity index (χ0v) is 9.49. The second-order valence-corrected chi connectivity index (χ2v) is 3.62. The average molecular weight is 220 g/mol. The van der Waals surface area contributed by atoms with Gasteiger partial charge in [-0.3, -0.25) is 9.78 Å². The van der Waals surface area contributed by atoms with E-state index in [1.165, 1.54) is 0 Å². The maximum absolute atomic E-state index is 5.98. The van der Waals surface area contributed by atoms with Gasteiger partial charge in [0.2, 0.25) is 0 Å². The van der Waals surface area contributed by atoms with Crippen LogP contribution >= 0.6 is 0 Å². The molecule has 0 unspecified atom stereocenters. The first-order chi connectivity index (χ1) is 7.72. The summed E-state index contributed by atoms with van der Waals surface area (Å²) in [6.07, 6.45) is 2.56. The zero-order valence-electron chi connectivity index (χ0n) is 9.49. The number of aryl methyl sites for hydroxylation is 2. The van der Waals surface area contributed by atoms with Crippen molar-refractivity contribution in [2.45, 2.75) is 19.9 Å². The Morgan fingerprint density at radius 1 is 1.56 bits per heavy atom. The highest BCUT2D eigenvalue weighted by Gasteiger charge is 2.11. The van der Waals surface area contributed by atoms with Gasteiger partial charge < -0.3 is 11.1 Å². The number of hydrogen-bond donors (Lipinski definition) is 3. The summed E-state index contributed by atoms with van der Waals surface area (Å²) in [7, 11) is 1.88. The smallest absolute Gasteiger partial charge is 0.148 e. The van der Waals surface area contributed by atoms with Crippen LogP contribution in [0.5, 0.6) is 0 Å². The topological polar surface area (TPSA) is 84.5 Å². The first-order valence-corrected chi connectivity index (χ1v) is 5.25. The number of nitrogens with two attached hydrogens (primary N) is 1. The number of nitrogen functional groups attached to an aromatic ring is 1. The largest absolute Gasteiger partial charge is 0.394 e. The maximum Gasteiger partial charge on any atom is 0.148 e. The van der Waals surface area contributed by atoms with Gasteiger partial charge in [-0.1, -0.05) is 6.92 Å². The molecule has 2 rings (SSSR count). The number of aromatic amines is 1. The molecule has 0 spiro atoms. The quantitative estimate of drug-likeness (QED) is 0.714. The molecule has 0 fully saturated rings. The summed E-state index contributed by atoms with van der Waals surface area (Å²) >= 11 is 0. The minimum Gasteiger partial charge on any atom is -0.394 e. The van der Waals surface area contributed by atoms with Gasteiger partial charge in [0.15, 0.2) is 0 Å². The first-order valence-electron chi connectivity index (χ1n) is 5.25. The number of anilines is 2. The van der Waals surface area contributed by atoms with Gasteiger partial charge in [-0.2, -0.15) is 10.2 Å². The van der Waals surface area contributed by atoms with Gasteiger partial charge in [0, 0.05) is 13.2 Å². The third-order valence-corrected chi connectivity index (χ3v) is 2.50. The molecule has 6 heteroatoms. The molecule has 2 aromatic rings. The fraction of sp³-hybridized carbons (Fsp3) is 0.400. The van der Waals surface area contributed by atoms with Crippen LogP contribution in [0.1, 0.15) is 18.3 Å². The van der Waals surface area contributed by atoms with Gasteiger partial charge in [0.1, 0.15) is 5.82 Å². The summed E-state index contributed by atoms with van der Waals surface area (Å²) in [5, 5.41) is 14.3. The third-order valence-electron chi connectivity index (χ3n) is 2.50. The number of rotatable bonds is 4. The number of hydrogen-bond acceptors (Lipinski definition) is 4. The Kier molecular flexibility index (Phi) is 2.80. The minimum atomic E-state index is 0.660. The molecule has 0 radical (unpaired) electrons. The minimum absolute atomic E-state index is 0.660. The van der Waals surface area contributed by atoms with E-state index in [-0.39, 0.29) is 0 Å². The number of H-pyrrole nitrogens is 1. The van der Waals surface area contributed by atoms with Crippen molar-refractivity contribution in [2.75, 3.05) is 11.1 Å². The molecule has 2 aromatic heterocycles. The Hall–Kier alpha value is -1.98. The highest BCUT2D eigenvalue weighted by atomic mass is 15.3. The molecule has 16 heavy (non-hydrogen) atoms. The molecule has 4 N–H and O–H groups in total. The lowest BCUT2D eigenvalue weighted by Gasteiger charge is -2.05. The van der Waals surface area contributed by atoms with E-state index in [4.69, 9.17) is 5.73 Å². The van der Waals surface area contributed by atoms with Gasteiger partial charge in [0.05, 0.1) is 23.6 Å². The van der Waals surface area contributed by atoms with E-state index in [9.17, 15) is 0 Å². The van der Waals surface area contributed by atoms with Crippen molar-refractivity contribution >= 4 is 11.5 Å². The fourth-order valence-corrected chi connectivity index (χ4v) is 1.63. The fourth-order valence-electron chi connectivity index (χ4n) is 1.63. The molecule has 0 aliphatic heterocycles. The van der Waals surface area contributed by atoms with Crippen LogP contribution in [0.4, 0.5) is 11.5 Å². The third kappa shape index (κ3) is 1.86. The van der Waals surface area contributed by atoms with E-state index >= 15 is 0 Å². The van der Waals surface area contributed by atoms with Crippen molar-refractivity contribution in [1.29, 1.82) is 0 Å². The van der Waals surface area contributed by atoms with Gasteiger partial charge in [-0.05, 0) is 12.5 Å². The number of nitrogens with one attached hydrogen (secondary N) is 2. The number of nitrogens with zero attached hydrogens (tertiary/aromatic N) is 3.